The second kappa shape index (κ2) is 5.45. The second-order valence-corrected chi connectivity index (χ2v) is 3.37. The van der Waals surface area contributed by atoms with E-state index < -0.39 is 12.1 Å². The minimum atomic E-state index is -0.966. The van der Waals surface area contributed by atoms with Crippen molar-refractivity contribution in [3.8, 4) is 0 Å². The summed E-state index contributed by atoms with van der Waals surface area (Å²) < 4.78 is 7.06. The van der Waals surface area contributed by atoms with Crippen LogP contribution in [0, 0.1) is 0 Å². The molecule has 0 aromatic carbocycles. The highest BCUT2D eigenvalue weighted by Crippen LogP contribution is 1.96. The quantitative estimate of drug-likeness (QED) is 0.647. The minimum absolute atomic E-state index is 0.0154. The summed E-state index contributed by atoms with van der Waals surface area (Å²) in [5.41, 5.74) is -0.331. The van der Waals surface area contributed by atoms with Crippen molar-refractivity contribution in [2.75, 3.05) is 6.61 Å². The Kier molecular flexibility index (Phi) is 4.24. The van der Waals surface area contributed by atoms with Crippen molar-refractivity contribution >= 4 is 5.97 Å². The summed E-state index contributed by atoms with van der Waals surface area (Å²) in [7, 11) is 1.56. The summed E-state index contributed by atoms with van der Waals surface area (Å²) in [4.78, 5) is 22.4. The first kappa shape index (κ1) is 12.4. The molecule has 0 saturated carbocycles. The largest absolute Gasteiger partial charge is 0.466 e. The first-order valence-corrected chi connectivity index (χ1v) is 4.96. The number of aromatic nitrogens is 3. The van der Waals surface area contributed by atoms with Crippen LogP contribution in [0.1, 0.15) is 13.3 Å². The maximum atomic E-state index is 11.4. The summed E-state index contributed by atoms with van der Waals surface area (Å²) >= 11 is 0. The van der Waals surface area contributed by atoms with E-state index in [1.165, 1.54) is 10.9 Å². The van der Waals surface area contributed by atoms with Gasteiger partial charge in [0.15, 0.2) is 0 Å². The van der Waals surface area contributed by atoms with E-state index in [9.17, 15) is 14.7 Å². The van der Waals surface area contributed by atoms with Crippen LogP contribution in [0.25, 0.3) is 0 Å². The Labute approximate surface area is 92.3 Å². The fraction of sp³-hybridized carbons (Fsp3) is 0.667. The van der Waals surface area contributed by atoms with Crippen LogP contribution < -0.4 is 5.69 Å². The normalized spacial score (nSPS) is 12.4. The molecular weight excluding hydrogens is 214 g/mol. The molecule has 1 unspecified atom stereocenters. The molecule has 0 aliphatic carbocycles. The Morgan fingerprint density at radius 3 is 2.88 bits per heavy atom. The molecule has 1 aromatic rings. The Bertz CT molecular complexity index is 409. The molecule has 90 valence electrons. The van der Waals surface area contributed by atoms with Gasteiger partial charge in [-0.15, -0.1) is 0 Å². The molecule has 1 rings (SSSR count). The van der Waals surface area contributed by atoms with Gasteiger partial charge in [-0.1, -0.05) is 0 Å². The average Bonchev–Trinajstić information content (AvgIpc) is 2.50. The number of ether oxygens (including phenoxy) is 1. The molecule has 0 spiro atoms. The second-order valence-electron chi connectivity index (χ2n) is 3.37. The van der Waals surface area contributed by atoms with Crippen molar-refractivity contribution in [3.05, 3.63) is 16.8 Å². The number of nitrogens with zero attached hydrogens (tertiary/aromatic N) is 3. The zero-order chi connectivity index (χ0) is 12.1. The maximum Gasteiger partial charge on any atom is 0.345 e. The third kappa shape index (κ3) is 3.20. The van der Waals surface area contributed by atoms with Crippen molar-refractivity contribution in [2.45, 2.75) is 26.0 Å². The van der Waals surface area contributed by atoms with Crippen molar-refractivity contribution in [2.24, 2.45) is 7.05 Å². The summed E-state index contributed by atoms with van der Waals surface area (Å²) in [5.74, 6) is -0.487. The van der Waals surface area contributed by atoms with Crippen LogP contribution in [0.4, 0.5) is 0 Å². The first-order valence-electron chi connectivity index (χ1n) is 4.96. The van der Waals surface area contributed by atoms with Crippen LogP contribution in [0.3, 0.4) is 0 Å². The number of aryl methyl sites for hydroxylation is 1. The van der Waals surface area contributed by atoms with Gasteiger partial charge >= 0.3 is 11.7 Å². The first-order chi connectivity index (χ1) is 7.54. The van der Waals surface area contributed by atoms with Gasteiger partial charge in [-0.2, -0.15) is 5.10 Å². The molecule has 0 radical (unpaired) electrons. The van der Waals surface area contributed by atoms with Crippen LogP contribution in [0.5, 0.6) is 0 Å². The predicted molar refractivity (Wildman–Crippen MR) is 54.7 cm³/mol. The molecule has 1 N–H and O–H groups in total. The summed E-state index contributed by atoms with van der Waals surface area (Å²) in [6.45, 7) is 1.95. The van der Waals surface area contributed by atoms with Crippen molar-refractivity contribution in [3.63, 3.8) is 0 Å². The van der Waals surface area contributed by atoms with E-state index in [0.717, 1.165) is 4.68 Å². The third-order valence-electron chi connectivity index (χ3n) is 1.98. The van der Waals surface area contributed by atoms with E-state index in [2.05, 4.69) is 9.84 Å². The summed E-state index contributed by atoms with van der Waals surface area (Å²) in [6.07, 6.45) is 0.239. The molecule has 0 saturated heterocycles. The number of carbonyl (C=O) groups is 1. The molecular formula is C9H15N3O4. The van der Waals surface area contributed by atoms with Gasteiger partial charge in [0, 0.05) is 7.05 Å². The smallest absolute Gasteiger partial charge is 0.345 e. The van der Waals surface area contributed by atoms with Gasteiger partial charge in [0.25, 0.3) is 0 Å². The number of esters is 1. The number of hydrogen-bond donors (Lipinski definition) is 1. The van der Waals surface area contributed by atoms with Crippen LogP contribution in [-0.4, -0.2) is 38.1 Å². The Morgan fingerprint density at radius 1 is 1.69 bits per heavy atom. The van der Waals surface area contributed by atoms with Gasteiger partial charge in [-0.05, 0) is 6.92 Å². The van der Waals surface area contributed by atoms with E-state index in [0.29, 0.717) is 0 Å². The standard InChI is InChI=1S/C9H15N3O4/c1-3-16-8(14)4-7(13)5-12-9(15)11(2)6-10-12/h6-7,13H,3-5H2,1-2H3. The highest BCUT2D eigenvalue weighted by atomic mass is 16.5. The van der Waals surface area contributed by atoms with Crippen LogP contribution in [0.2, 0.25) is 0 Å². The maximum absolute atomic E-state index is 11.4. The Balaban J connectivity index is 2.52. The van der Waals surface area contributed by atoms with E-state index in [1.54, 1.807) is 14.0 Å². The Morgan fingerprint density at radius 2 is 2.38 bits per heavy atom. The van der Waals surface area contributed by atoms with Gasteiger partial charge in [0.2, 0.25) is 0 Å². The number of aliphatic hydroxyl groups excluding tert-OH is 1. The minimum Gasteiger partial charge on any atom is -0.466 e. The molecule has 0 amide bonds. The average molecular weight is 229 g/mol. The van der Waals surface area contributed by atoms with Crippen molar-refractivity contribution in [1.82, 2.24) is 14.3 Å². The molecule has 0 aliphatic rings. The highest BCUT2D eigenvalue weighted by Gasteiger charge is 2.14. The van der Waals surface area contributed by atoms with E-state index in [-0.39, 0.29) is 25.3 Å². The predicted octanol–water partition coefficient (Wildman–Crippen LogP) is -1.10. The number of carbonyl (C=O) groups excluding carboxylic acids is 1. The van der Waals surface area contributed by atoms with E-state index in [1.807, 2.05) is 0 Å². The summed E-state index contributed by atoms with van der Waals surface area (Å²) in [6, 6.07) is 0. The van der Waals surface area contributed by atoms with Gasteiger partial charge in [-0.25, -0.2) is 9.48 Å². The molecule has 1 atom stereocenters. The lowest BCUT2D eigenvalue weighted by Crippen LogP contribution is -2.30. The fourth-order valence-corrected chi connectivity index (χ4v) is 1.22. The van der Waals surface area contributed by atoms with Crippen LogP contribution >= 0.6 is 0 Å². The van der Waals surface area contributed by atoms with Gasteiger partial charge in [0.05, 0.1) is 25.7 Å². The van der Waals surface area contributed by atoms with Gasteiger partial charge in [0.1, 0.15) is 6.33 Å². The lowest BCUT2D eigenvalue weighted by molar-refractivity contribution is -0.145. The zero-order valence-corrected chi connectivity index (χ0v) is 9.29. The molecule has 0 bridgehead atoms. The lowest BCUT2D eigenvalue weighted by Gasteiger charge is -2.08. The molecule has 7 heteroatoms. The van der Waals surface area contributed by atoms with Crippen molar-refractivity contribution < 1.29 is 14.6 Å². The molecule has 7 nitrogen and oxygen atoms in total. The molecule has 0 fully saturated rings. The molecule has 0 aliphatic heterocycles. The third-order valence-corrected chi connectivity index (χ3v) is 1.98. The zero-order valence-electron chi connectivity index (χ0n) is 9.29. The molecule has 16 heavy (non-hydrogen) atoms. The summed E-state index contributed by atoms with van der Waals surface area (Å²) in [5, 5.41) is 13.3. The monoisotopic (exact) mass is 229 g/mol. The van der Waals surface area contributed by atoms with Gasteiger partial charge < -0.3 is 9.84 Å². The SMILES string of the molecule is CCOC(=O)CC(O)Cn1ncn(C)c1=O. The molecule has 1 aromatic heterocycles. The fourth-order valence-electron chi connectivity index (χ4n) is 1.22. The van der Waals surface area contributed by atoms with E-state index >= 15 is 0 Å². The topological polar surface area (TPSA) is 86.3 Å². The number of hydrogen-bond acceptors (Lipinski definition) is 5. The van der Waals surface area contributed by atoms with E-state index in [4.69, 9.17) is 0 Å². The number of rotatable bonds is 5. The lowest BCUT2D eigenvalue weighted by atomic mass is 10.2. The molecule has 1 heterocycles. The van der Waals surface area contributed by atoms with Gasteiger partial charge in [-0.3, -0.25) is 9.36 Å². The Hall–Kier alpha value is -1.63. The van der Waals surface area contributed by atoms with Crippen molar-refractivity contribution in [1.29, 1.82) is 0 Å². The number of aliphatic hydroxyl groups is 1. The van der Waals surface area contributed by atoms with Crippen LogP contribution in [0.15, 0.2) is 11.1 Å². The van der Waals surface area contributed by atoms with Crippen LogP contribution in [-0.2, 0) is 23.1 Å². The highest BCUT2D eigenvalue weighted by molar-refractivity contribution is 5.69.